The minimum Gasteiger partial charge on any atom is -0.326 e. The van der Waals surface area contributed by atoms with Crippen molar-refractivity contribution < 1.29 is 9.59 Å². The van der Waals surface area contributed by atoms with Crippen LogP contribution in [0.4, 0.5) is 11.4 Å². The van der Waals surface area contributed by atoms with Crippen molar-refractivity contribution in [3.8, 4) is 0 Å². The number of carbonyl (C=O) groups is 2. The summed E-state index contributed by atoms with van der Waals surface area (Å²) in [5.41, 5.74) is 2.40. The highest BCUT2D eigenvalue weighted by Crippen LogP contribution is 2.32. The van der Waals surface area contributed by atoms with E-state index in [2.05, 4.69) is 15.3 Å². The Bertz CT molecular complexity index is 1320. The van der Waals surface area contributed by atoms with E-state index in [9.17, 15) is 14.4 Å². The van der Waals surface area contributed by atoms with Gasteiger partial charge in [0.1, 0.15) is 0 Å². The molecule has 1 saturated heterocycles. The molecule has 1 aliphatic rings. The summed E-state index contributed by atoms with van der Waals surface area (Å²) in [5, 5.41) is 4.91. The van der Waals surface area contributed by atoms with Crippen molar-refractivity contribution in [1.29, 1.82) is 0 Å². The maximum absolute atomic E-state index is 12.8. The van der Waals surface area contributed by atoms with Gasteiger partial charge in [-0.15, -0.1) is 0 Å². The predicted octanol–water partition coefficient (Wildman–Crippen LogP) is 3.00. The van der Waals surface area contributed by atoms with E-state index in [1.54, 1.807) is 23.1 Å². The highest BCUT2D eigenvalue weighted by atomic mass is 16.2. The van der Waals surface area contributed by atoms with Gasteiger partial charge in [-0.1, -0.05) is 36.4 Å². The summed E-state index contributed by atoms with van der Waals surface area (Å²) in [6.07, 6.45) is 0.165. The van der Waals surface area contributed by atoms with Gasteiger partial charge in [0.2, 0.25) is 11.8 Å². The molecule has 3 N–H and O–H groups in total. The maximum atomic E-state index is 12.8. The van der Waals surface area contributed by atoms with Crippen LogP contribution in [0.25, 0.3) is 21.8 Å². The molecule has 7 heteroatoms. The van der Waals surface area contributed by atoms with E-state index in [1.807, 2.05) is 42.5 Å². The number of nitrogens with one attached hydrogen (secondary N) is 3. The number of amides is 2. The number of imidazole rings is 1. The molecular weight excluding hydrogens is 368 g/mol. The summed E-state index contributed by atoms with van der Waals surface area (Å²) < 4.78 is 0. The average molecular weight is 386 g/mol. The number of carbonyl (C=O) groups excluding carboxylic acids is 2. The zero-order valence-corrected chi connectivity index (χ0v) is 15.4. The average Bonchev–Trinajstić information content (AvgIpc) is 3.29. The summed E-state index contributed by atoms with van der Waals surface area (Å²) >= 11 is 0. The van der Waals surface area contributed by atoms with Gasteiger partial charge in [-0.2, -0.15) is 0 Å². The van der Waals surface area contributed by atoms with Crippen molar-refractivity contribution in [3.05, 3.63) is 71.1 Å². The predicted molar refractivity (Wildman–Crippen MR) is 112 cm³/mol. The standard InChI is InChI=1S/C22H18N4O3/c27-20-10-14(12-26(20)19-7-3-5-13-4-1-2-6-16(13)19)21(28)23-15-8-9-17-18(11-15)25-22(29)24-17/h1-9,11,14H,10,12H2,(H,23,28)(H2,24,25,29)/t14-/m0/s1. The van der Waals surface area contributed by atoms with Gasteiger partial charge in [-0.25, -0.2) is 4.79 Å². The lowest BCUT2D eigenvalue weighted by Gasteiger charge is -2.19. The molecule has 1 atom stereocenters. The van der Waals surface area contributed by atoms with Crippen LogP contribution in [0.1, 0.15) is 6.42 Å². The molecule has 144 valence electrons. The summed E-state index contributed by atoms with van der Waals surface area (Å²) in [6, 6.07) is 18.9. The molecule has 1 fully saturated rings. The number of hydrogen-bond donors (Lipinski definition) is 3. The quantitative estimate of drug-likeness (QED) is 0.505. The maximum Gasteiger partial charge on any atom is 0.323 e. The van der Waals surface area contributed by atoms with Gasteiger partial charge in [-0.3, -0.25) is 9.59 Å². The Morgan fingerprint density at radius 1 is 0.966 bits per heavy atom. The molecule has 1 aromatic heterocycles. The number of fused-ring (bicyclic) bond motifs is 2. The second kappa shape index (κ2) is 6.63. The van der Waals surface area contributed by atoms with Crippen molar-refractivity contribution >= 4 is 45.0 Å². The SMILES string of the molecule is O=C(Nc1ccc2[nH]c(=O)[nH]c2c1)[C@H]1CC(=O)N(c2cccc3ccccc23)C1. The summed E-state index contributed by atoms with van der Waals surface area (Å²) in [5.74, 6) is -0.715. The minimum absolute atomic E-state index is 0.0630. The van der Waals surface area contributed by atoms with E-state index < -0.39 is 5.92 Å². The Hall–Kier alpha value is -3.87. The van der Waals surface area contributed by atoms with E-state index in [1.165, 1.54) is 0 Å². The van der Waals surface area contributed by atoms with Crippen molar-refractivity contribution in [1.82, 2.24) is 9.97 Å². The van der Waals surface area contributed by atoms with Crippen LogP contribution in [0.2, 0.25) is 0 Å². The van der Waals surface area contributed by atoms with E-state index in [0.29, 0.717) is 23.3 Å². The molecule has 0 spiro atoms. The minimum atomic E-state index is -0.442. The molecule has 29 heavy (non-hydrogen) atoms. The molecule has 7 nitrogen and oxygen atoms in total. The first-order valence-electron chi connectivity index (χ1n) is 9.39. The Labute approximate surface area is 165 Å². The Balaban J connectivity index is 1.37. The molecule has 0 saturated carbocycles. The molecular formula is C22H18N4O3. The molecule has 0 radical (unpaired) electrons. The Morgan fingerprint density at radius 2 is 1.76 bits per heavy atom. The smallest absolute Gasteiger partial charge is 0.323 e. The number of rotatable bonds is 3. The first-order valence-corrected chi connectivity index (χ1v) is 9.39. The lowest BCUT2D eigenvalue weighted by atomic mass is 10.1. The van der Waals surface area contributed by atoms with E-state index >= 15 is 0 Å². The zero-order chi connectivity index (χ0) is 20.0. The molecule has 2 amide bonds. The van der Waals surface area contributed by atoms with Gasteiger partial charge in [0.05, 0.1) is 22.6 Å². The van der Waals surface area contributed by atoms with Crippen LogP contribution in [0, 0.1) is 5.92 Å². The van der Waals surface area contributed by atoms with Crippen LogP contribution >= 0.6 is 0 Å². The number of H-pyrrole nitrogens is 2. The van der Waals surface area contributed by atoms with E-state index in [-0.39, 0.29) is 23.9 Å². The third-order valence-electron chi connectivity index (χ3n) is 5.34. The molecule has 0 aliphatic carbocycles. The Kier molecular flexibility index (Phi) is 3.94. The van der Waals surface area contributed by atoms with E-state index in [0.717, 1.165) is 16.5 Å². The fraction of sp³-hybridized carbons (Fsp3) is 0.136. The highest BCUT2D eigenvalue weighted by Gasteiger charge is 2.35. The number of aromatic amines is 2. The fourth-order valence-electron chi connectivity index (χ4n) is 3.91. The van der Waals surface area contributed by atoms with E-state index in [4.69, 9.17) is 0 Å². The largest absolute Gasteiger partial charge is 0.326 e. The van der Waals surface area contributed by atoms with Crippen LogP contribution in [0.15, 0.2) is 65.5 Å². The number of benzene rings is 3. The van der Waals surface area contributed by atoms with Gasteiger partial charge in [0.25, 0.3) is 0 Å². The van der Waals surface area contributed by atoms with Gasteiger partial charge in [0.15, 0.2) is 0 Å². The molecule has 5 rings (SSSR count). The number of nitrogens with zero attached hydrogens (tertiary/aromatic N) is 1. The molecule has 0 unspecified atom stereocenters. The molecule has 4 aromatic rings. The molecule has 2 heterocycles. The van der Waals surface area contributed by atoms with Gasteiger partial charge in [0, 0.05) is 24.0 Å². The van der Waals surface area contributed by atoms with Crippen LogP contribution in [0.5, 0.6) is 0 Å². The number of anilines is 2. The third-order valence-corrected chi connectivity index (χ3v) is 5.34. The lowest BCUT2D eigenvalue weighted by Crippen LogP contribution is -2.28. The molecule has 3 aromatic carbocycles. The van der Waals surface area contributed by atoms with Crippen LogP contribution in [-0.2, 0) is 9.59 Å². The monoisotopic (exact) mass is 386 g/mol. The zero-order valence-electron chi connectivity index (χ0n) is 15.4. The molecule has 0 bridgehead atoms. The number of aromatic nitrogens is 2. The van der Waals surface area contributed by atoms with Crippen LogP contribution in [0.3, 0.4) is 0 Å². The van der Waals surface area contributed by atoms with Crippen LogP contribution < -0.4 is 15.9 Å². The van der Waals surface area contributed by atoms with Gasteiger partial charge >= 0.3 is 5.69 Å². The second-order valence-corrected chi connectivity index (χ2v) is 7.23. The van der Waals surface area contributed by atoms with Crippen molar-refractivity contribution in [2.45, 2.75) is 6.42 Å². The first kappa shape index (κ1) is 17.2. The van der Waals surface area contributed by atoms with Crippen LogP contribution in [-0.4, -0.2) is 28.3 Å². The summed E-state index contributed by atoms with van der Waals surface area (Å²) in [6.45, 7) is 0.335. The topological polar surface area (TPSA) is 98.1 Å². The molecule has 1 aliphatic heterocycles. The Morgan fingerprint density at radius 3 is 2.66 bits per heavy atom. The van der Waals surface area contributed by atoms with Crippen molar-refractivity contribution in [2.24, 2.45) is 5.92 Å². The van der Waals surface area contributed by atoms with Gasteiger partial charge < -0.3 is 20.2 Å². The summed E-state index contributed by atoms with van der Waals surface area (Å²) in [4.78, 5) is 43.9. The number of hydrogen-bond acceptors (Lipinski definition) is 3. The van der Waals surface area contributed by atoms with Crippen molar-refractivity contribution in [3.63, 3.8) is 0 Å². The van der Waals surface area contributed by atoms with Gasteiger partial charge in [-0.05, 0) is 29.7 Å². The fourth-order valence-corrected chi connectivity index (χ4v) is 3.91. The highest BCUT2D eigenvalue weighted by molar-refractivity contribution is 6.08. The first-order chi connectivity index (χ1) is 14.1. The lowest BCUT2D eigenvalue weighted by molar-refractivity contribution is -0.122. The van der Waals surface area contributed by atoms with Crippen molar-refractivity contribution in [2.75, 3.05) is 16.8 Å². The third kappa shape index (κ3) is 3.06. The summed E-state index contributed by atoms with van der Waals surface area (Å²) in [7, 11) is 0. The normalized spacial score (nSPS) is 16.6. The second-order valence-electron chi connectivity index (χ2n) is 7.23.